The molecule has 0 aliphatic heterocycles. The SMILES string of the molecule is OCCOCCCCOCCOc1ccc(Br)cn1. The van der Waals surface area contributed by atoms with Crippen molar-refractivity contribution in [1.29, 1.82) is 0 Å². The molecule has 0 unspecified atom stereocenters. The lowest BCUT2D eigenvalue weighted by atomic mass is 10.3. The first kappa shape index (κ1) is 16.4. The third kappa shape index (κ3) is 8.93. The monoisotopic (exact) mass is 333 g/mol. The highest BCUT2D eigenvalue weighted by atomic mass is 79.9. The number of halogens is 1. The molecule has 0 amide bonds. The van der Waals surface area contributed by atoms with E-state index in [2.05, 4.69) is 20.9 Å². The van der Waals surface area contributed by atoms with E-state index in [0.717, 1.165) is 17.3 Å². The number of hydrogen-bond acceptors (Lipinski definition) is 5. The standard InChI is InChI=1S/C13H20BrNO4/c14-12-3-4-13(15-11-12)19-10-9-18-7-2-1-6-17-8-5-16/h3-4,11,16H,1-2,5-10H2. The Labute approximate surface area is 122 Å². The Morgan fingerprint density at radius 3 is 2.37 bits per heavy atom. The van der Waals surface area contributed by atoms with Gasteiger partial charge >= 0.3 is 0 Å². The number of pyridine rings is 1. The molecule has 0 saturated carbocycles. The number of aliphatic hydroxyl groups excluding tert-OH is 1. The van der Waals surface area contributed by atoms with Crippen LogP contribution >= 0.6 is 15.9 Å². The summed E-state index contributed by atoms with van der Waals surface area (Å²) in [4.78, 5) is 4.09. The van der Waals surface area contributed by atoms with Crippen molar-refractivity contribution in [3.05, 3.63) is 22.8 Å². The fourth-order valence-electron chi connectivity index (χ4n) is 1.33. The molecule has 0 bridgehead atoms. The Bertz CT molecular complexity index is 321. The van der Waals surface area contributed by atoms with E-state index in [0.29, 0.717) is 38.9 Å². The third-order valence-corrected chi connectivity index (χ3v) is 2.71. The van der Waals surface area contributed by atoms with Crippen LogP contribution in [0.15, 0.2) is 22.8 Å². The number of rotatable bonds is 11. The van der Waals surface area contributed by atoms with Crippen molar-refractivity contribution in [2.24, 2.45) is 0 Å². The number of nitrogens with zero attached hydrogens (tertiary/aromatic N) is 1. The Hall–Kier alpha value is -0.690. The average molecular weight is 334 g/mol. The fraction of sp³-hybridized carbons (Fsp3) is 0.615. The summed E-state index contributed by atoms with van der Waals surface area (Å²) in [7, 11) is 0. The predicted molar refractivity (Wildman–Crippen MR) is 75.4 cm³/mol. The molecule has 5 nitrogen and oxygen atoms in total. The molecule has 1 N–H and O–H groups in total. The van der Waals surface area contributed by atoms with Crippen LogP contribution in [-0.4, -0.2) is 49.7 Å². The van der Waals surface area contributed by atoms with E-state index in [9.17, 15) is 0 Å². The Morgan fingerprint density at radius 2 is 1.74 bits per heavy atom. The molecule has 0 atom stereocenters. The van der Waals surface area contributed by atoms with Crippen molar-refractivity contribution < 1.29 is 19.3 Å². The van der Waals surface area contributed by atoms with Crippen LogP contribution in [0.3, 0.4) is 0 Å². The summed E-state index contributed by atoms with van der Waals surface area (Å²) in [6.07, 6.45) is 3.58. The lowest BCUT2D eigenvalue weighted by Crippen LogP contribution is -2.09. The lowest BCUT2D eigenvalue weighted by molar-refractivity contribution is 0.0717. The molecule has 1 rings (SSSR count). The van der Waals surface area contributed by atoms with Crippen LogP contribution in [0, 0.1) is 0 Å². The van der Waals surface area contributed by atoms with Gasteiger partial charge in [0.1, 0.15) is 6.61 Å². The van der Waals surface area contributed by atoms with Gasteiger partial charge in [-0.2, -0.15) is 0 Å². The summed E-state index contributed by atoms with van der Waals surface area (Å²) in [6, 6.07) is 3.69. The van der Waals surface area contributed by atoms with Gasteiger partial charge in [-0.15, -0.1) is 0 Å². The molecule has 0 fully saturated rings. The zero-order valence-corrected chi connectivity index (χ0v) is 12.5. The Kier molecular flexibility index (Phi) is 9.61. The van der Waals surface area contributed by atoms with Crippen molar-refractivity contribution in [3.8, 4) is 5.88 Å². The summed E-state index contributed by atoms with van der Waals surface area (Å²) in [6.45, 7) is 2.90. The first-order chi connectivity index (χ1) is 9.33. The maximum Gasteiger partial charge on any atom is 0.213 e. The van der Waals surface area contributed by atoms with Crippen LogP contribution < -0.4 is 4.74 Å². The van der Waals surface area contributed by atoms with Crippen molar-refractivity contribution in [3.63, 3.8) is 0 Å². The highest BCUT2D eigenvalue weighted by molar-refractivity contribution is 9.10. The molecule has 0 saturated heterocycles. The van der Waals surface area contributed by atoms with Crippen LogP contribution in [0.2, 0.25) is 0 Å². The molecule has 0 spiro atoms. The number of unbranched alkanes of at least 4 members (excludes halogenated alkanes) is 1. The van der Waals surface area contributed by atoms with E-state index in [1.807, 2.05) is 12.1 Å². The van der Waals surface area contributed by atoms with Crippen molar-refractivity contribution in [2.45, 2.75) is 12.8 Å². The molecule has 6 heteroatoms. The molecule has 0 radical (unpaired) electrons. The molecule has 0 aromatic carbocycles. The second-order valence-corrected chi connectivity index (χ2v) is 4.73. The minimum absolute atomic E-state index is 0.0813. The number of aromatic nitrogens is 1. The number of ether oxygens (including phenoxy) is 3. The number of aliphatic hydroxyl groups is 1. The van der Waals surface area contributed by atoms with Crippen LogP contribution in [0.5, 0.6) is 5.88 Å². The quantitative estimate of drug-likeness (QED) is 0.628. The zero-order valence-electron chi connectivity index (χ0n) is 10.9. The molecular formula is C13H20BrNO4. The van der Waals surface area contributed by atoms with E-state index in [1.54, 1.807) is 6.20 Å². The van der Waals surface area contributed by atoms with E-state index in [-0.39, 0.29) is 6.61 Å². The summed E-state index contributed by atoms with van der Waals surface area (Å²) in [5.74, 6) is 0.601. The zero-order chi connectivity index (χ0) is 13.8. The van der Waals surface area contributed by atoms with E-state index in [1.165, 1.54) is 0 Å². The van der Waals surface area contributed by atoms with E-state index < -0.39 is 0 Å². The summed E-state index contributed by atoms with van der Waals surface area (Å²) >= 11 is 3.31. The van der Waals surface area contributed by atoms with Gasteiger partial charge in [0, 0.05) is 29.9 Å². The average Bonchev–Trinajstić information content (AvgIpc) is 2.43. The third-order valence-electron chi connectivity index (χ3n) is 2.24. The molecule has 1 aromatic rings. The van der Waals surface area contributed by atoms with Gasteiger partial charge in [-0.1, -0.05) is 0 Å². The minimum Gasteiger partial charge on any atom is -0.475 e. The smallest absolute Gasteiger partial charge is 0.213 e. The first-order valence-electron chi connectivity index (χ1n) is 6.33. The highest BCUT2D eigenvalue weighted by Gasteiger charge is 1.95. The molecular weight excluding hydrogens is 314 g/mol. The van der Waals surface area contributed by atoms with Gasteiger partial charge in [-0.05, 0) is 34.8 Å². The van der Waals surface area contributed by atoms with Gasteiger partial charge in [0.2, 0.25) is 5.88 Å². The van der Waals surface area contributed by atoms with Crippen LogP contribution in [-0.2, 0) is 9.47 Å². The highest BCUT2D eigenvalue weighted by Crippen LogP contribution is 2.11. The van der Waals surface area contributed by atoms with Crippen LogP contribution in [0.1, 0.15) is 12.8 Å². The second-order valence-electron chi connectivity index (χ2n) is 3.82. The predicted octanol–water partition coefficient (Wildman–Crippen LogP) is 2.03. The fourth-order valence-corrected chi connectivity index (χ4v) is 1.56. The molecule has 108 valence electrons. The summed E-state index contributed by atoms with van der Waals surface area (Å²) < 4.78 is 16.9. The van der Waals surface area contributed by atoms with Crippen molar-refractivity contribution in [1.82, 2.24) is 4.98 Å². The summed E-state index contributed by atoms with van der Waals surface area (Å²) in [5, 5.41) is 8.50. The first-order valence-corrected chi connectivity index (χ1v) is 7.13. The number of hydrogen-bond donors (Lipinski definition) is 1. The maximum absolute atomic E-state index is 8.50. The summed E-state index contributed by atoms with van der Waals surface area (Å²) in [5.41, 5.74) is 0. The van der Waals surface area contributed by atoms with Crippen LogP contribution in [0.25, 0.3) is 0 Å². The normalized spacial score (nSPS) is 10.6. The Balaban J connectivity index is 1.87. The van der Waals surface area contributed by atoms with Gasteiger partial charge in [0.05, 0.1) is 19.8 Å². The molecule has 1 heterocycles. The van der Waals surface area contributed by atoms with Gasteiger partial charge < -0.3 is 19.3 Å². The van der Waals surface area contributed by atoms with Gasteiger partial charge in [0.15, 0.2) is 0 Å². The minimum atomic E-state index is 0.0813. The molecule has 0 aliphatic rings. The van der Waals surface area contributed by atoms with Gasteiger partial charge in [-0.25, -0.2) is 4.98 Å². The topological polar surface area (TPSA) is 60.8 Å². The maximum atomic E-state index is 8.50. The van der Waals surface area contributed by atoms with Crippen LogP contribution in [0.4, 0.5) is 0 Å². The van der Waals surface area contributed by atoms with E-state index in [4.69, 9.17) is 19.3 Å². The van der Waals surface area contributed by atoms with Crippen molar-refractivity contribution in [2.75, 3.05) is 39.6 Å². The van der Waals surface area contributed by atoms with Crippen molar-refractivity contribution >= 4 is 15.9 Å². The van der Waals surface area contributed by atoms with Gasteiger partial charge in [0.25, 0.3) is 0 Å². The van der Waals surface area contributed by atoms with E-state index >= 15 is 0 Å². The lowest BCUT2D eigenvalue weighted by Gasteiger charge is -2.06. The molecule has 0 aliphatic carbocycles. The largest absolute Gasteiger partial charge is 0.475 e. The molecule has 19 heavy (non-hydrogen) atoms. The van der Waals surface area contributed by atoms with Gasteiger partial charge in [-0.3, -0.25) is 0 Å². The molecule has 1 aromatic heterocycles. The second kappa shape index (κ2) is 11.2. The Morgan fingerprint density at radius 1 is 1.00 bits per heavy atom.